The highest BCUT2D eigenvalue weighted by Crippen LogP contribution is 2.20. The molecule has 0 atom stereocenters. The van der Waals surface area contributed by atoms with Crippen LogP contribution in [0.1, 0.15) is 23.9 Å². The molecule has 0 aliphatic carbocycles. The molecule has 0 unspecified atom stereocenters. The van der Waals surface area contributed by atoms with Crippen LogP contribution in [0.2, 0.25) is 0 Å². The number of carbonyl (C=O) groups is 1. The molecule has 0 bridgehead atoms. The van der Waals surface area contributed by atoms with Gasteiger partial charge < -0.3 is 23.9 Å². The molecule has 172 valence electrons. The van der Waals surface area contributed by atoms with Crippen molar-refractivity contribution in [1.29, 1.82) is 0 Å². The van der Waals surface area contributed by atoms with Crippen LogP contribution in [0.3, 0.4) is 0 Å². The molecule has 1 N–H and O–H groups in total. The number of amides is 2. The first-order valence-corrected chi connectivity index (χ1v) is 11.9. The van der Waals surface area contributed by atoms with E-state index in [-0.39, 0.29) is 30.0 Å². The summed E-state index contributed by atoms with van der Waals surface area (Å²) in [5, 5.41) is 2.74. The summed E-state index contributed by atoms with van der Waals surface area (Å²) >= 11 is 0. The van der Waals surface area contributed by atoms with Gasteiger partial charge in [-0.2, -0.15) is 0 Å². The number of sulfone groups is 1. The maximum absolute atomic E-state index is 13.1. The fourth-order valence-electron chi connectivity index (χ4n) is 3.30. The fourth-order valence-corrected chi connectivity index (χ4v) is 4.81. The number of nitrogens with one attached hydrogen (secondary N) is 1. The second-order valence-electron chi connectivity index (χ2n) is 7.19. The van der Waals surface area contributed by atoms with Crippen molar-refractivity contribution >= 4 is 15.9 Å². The van der Waals surface area contributed by atoms with E-state index in [2.05, 4.69) is 10.3 Å². The molecule has 0 aliphatic rings. The number of aromatic nitrogens is 2. The van der Waals surface area contributed by atoms with E-state index in [1.165, 1.54) is 6.20 Å². The molecular weight excluding hydrogens is 432 g/mol. The number of furan rings is 1. The number of hydrogen-bond acceptors (Lipinski definition) is 6. The Morgan fingerprint density at radius 2 is 1.97 bits per heavy atom. The second-order valence-corrected chi connectivity index (χ2v) is 9.08. The average Bonchev–Trinajstić information content (AvgIpc) is 3.42. The van der Waals surface area contributed by atoms with E-state index < -0.39 is 9.84 Å². The molecular formula is C22H28N4O5S. The summed E-state index contributed by atoms with van der Waals surface area (Å²) in [6.45, 7) is 3.29. The molecule has 32 heavy (non-hydrogen) atoms. The molecule has 0 saturated heterocycles. The first kappa shape index (κ1) is 23.6. The van der Waals surface area contributed by atoms with Crippen molar-refractivity contribution in [3.8, 4) is 0 Å². The third kappa shape index (κ3) is 5.98. The highest BCUT2D eigenvalue weighted by molar-refractivity contribution is 7.90. The van der Waals surface area contributed by atoms with E-state index in [1.807, 2.05) is 13.0 Å². The summed E-state index contributed by atoms with van der Waals surface area (Å²) in [5.41, 5.74) is 1.27. The molecule has 2 amide bonds. The molecule has 0 aliphatic heterocycles. The fraction of sp³-hybridized carbons (Fsp3) is 0.364. The zero-order valence-electron chi connectivity index (χ0n) is 18.2. The number of hydrogen-bond donors (Lipinski definition) is 1. The van der Waals surface area contributed by atoms with Crippen LogP contribution in [0.5, 0.6) is 0 Å². The van der Waals surface area contributed by atoms with E-state index in [0.29, 0.717) is 36.7 Å². The van der Waals surface area contributed by atoms with Gasteiger partial charge in [-0.1, -0.05) is 30.3 Å². The summed E-state index contributed by atoms with van der Waals surface area (Å²) in [7, 11) is -2.16. The Bertz CT molecular complexity index is 1090. The van der Waals surface area contributed by atoms with Crippen LogP contribution in [-0.4, -0.2) is 49.2 Å². The smallest absolute Gasteiger partial charge is 0.318 e. The standard InChI is InChI=1S/C22H28N4O5S/c1-3-23-21(27)25(16-20-10-7-12-31-20)15-19-14-24-22(26(19)11-13-30-2)32(28,29)17-18-8-5-4-6-9-18/h4-10,12,14H,3,11,13,15-17H2,1-2H3,(H,23,27). The van der Waals surface area contributed by atoms with Crippen LogP contribution in [-0.2, 0) is 40.0 Å². The first-order valence-electron chi connectivity index (χ1n) is 10.3. The molecule has 0 saturated carbocycles. The Hall–Kier alpha value is -3.11. The molecule has 0 fully saturated rings. The summed E-state index contributed by atoms with van der Waals surface area (Å²) in [6, 6.07) is 12.2. The molecule has 2 aromatic heterocycles. The van der Waals surface area contributed by atoms with Crippen molar-refractivity contribution < 1.29 is 22.4 Å². The van der Waals surface area contributed by atoms with E-state index in [4.69, 9.17) is 9.15 Å². The Balaban J connectivity index is 1.91. The summed E-state index contributed by atoms with van der Waals surface area (Å²) in [5.74, 6) is 0.458. The third-order valence-corrected chi connectivity index (χ3v) is 6.39. The molecule has 10 heteroatoms. The quantitative estimate of drug-likeness (QED) is 0.472. The third-order valence-electron chi connectivity index (χ3n) is 4.79. The Labute approximate surface area is 187 Å². The van der Waals surface area contributed by atoms with Crippen molar-refractivity contribution in [2.75, 3.05) is 20.3 Å². The molecule has 1 aromatic carbocycles. The lowest BCUT2D eigenvalue weighted by molar-refractivity contribution is 0.176. The normalized spacial score (nSPS) is 11.4. The lowest BCUT2D eigenvalue weighted by Crippen LogP contribution is -2.39. The highest BCUT2D eigenvalue weighted by atomic mass is 32.2. The first-order chi connectivity index (χ1) is 15.4. The summed E-state index contributed by atoms with van der Waals surface area (Å²) in [4.78, 5) is 18.4. The van der Waals surface area contributed by atoms with E-state index in [1.54, 1.807) is 59.2 Å². The summed E-state index contributed by atoms with van der Waals surface area (Å²) in [6.07, 6.45) is 3.05. The van der Waals surface area contributed by atoms with Gasteiger partial charge in [0.2, 0.25) is 15.0 Å². The van der Waals surface area contributed by atoms with Gasteiger partial charge in [-0.3, -0.25) is 0 Å². The zero-order valence-corrected chi connectivity index (χ0v) is 19.0. The van der Waals surface area contributed by atoms with Crippen molar-refractivity contribution in [3.63, 3.8) is 0 Å². The molecule has 9 nitrogen and oxygen atoms in total. The van der Waals surface area contributed by atoms with Crippen LogP contribution in [0.15, 0.2) is 64.5 Å². The number of carbonyl (C=O) groups excluding carboxylic acids is 1. The van der Waals surface area contributed by atoms with Crippen LogP contribution in [0, 0.1) is 0 Å². The molecule has 0 radical (unpaired) electrons. The number of urea groups is 1. The molecule has 0 spiro atoms. The second kappa shape index (κ2) is 11.0. The Kier molecular flexibility index (Phi) is 8.07. The lowest BCUT2D eigenvalue weighted by atomic mass is 10.2. The molecule has 2 heterocycles. The number of methoxy groups -OCH3 is 1. The van der Waals surface area contributed by atoms with Gasteiger partial charge in [-0.15, -0.1) is 0 Å². The Morgan fingerprint density at radius 3 is 2.62 bits per heavy atom. The Morgan fingerprint density at radius 1 is 1.19 bits per heavy atom. The monoisotopic (exact) mass is 460 g/mol. The van der Waals surface area contributed by atoms with Gasteiger partial charge in [0.05, 0.1) is 43.6 Å². The van der Waals surface area contributed by atoms with Gasteiger partial charge in [-0.25, -0.2) is 18.2 Å². The lowest BCUT2D eigenvalue weighted by Gasteiger charge is -2.23. The largest absolute Gasteiger partial charge is 0.467 e. The number of rotatable bonds is 11. The van der Waals surface area contributed by atoms with Gasteiger partial charge in [0.15, 0.2) is 0 Å². The SMILES string of the molecule is CCNC(=O)N(Cc1ccco1)Cc1cnc(S(=O)(=O)Cc2ccccc2)n1CCOC. The van der Waals surface area contributed by atoms with E-state index in [9.17, 15) is 13.2 Å². The number of ether oxygens (including phenoxy) is 1. The maximum Gasteiger partial charge on any atom is 0.318 e. The number of nitrogens with zero attached hydrogens (tertiary/aromatic N) is 3. The van der Waals surface area contributed by atoms with Gasteiger partial charge in [0.1, 0.15) is 5.76 Å². The van der Waals surface area contributed by atoms with E-state index in [0.717, 1.165) is 0 Å². The zero-order chi connectivity index (χ0) is 23.0. The molecule has 3 aromatic rings. The maximum atomic E-state index is 13.1. The van der Waals surface area contributed by atoms with Crippen LogP contribution in [0.4, 0.5) is 4.79 Å². The topological polar surface area (TPSA) is 107 Å². The number of imidazole rings is 1. The predicted molar refractivity (Wildman–Crippen MR) is 118 cm³/mol. The van der Waals surface area contributed by atoms with Crippen LogP contribution < -0.4 is 5.32 Å². The van der Waals surface area contributed by atoms with Crippen LogP contribution >= 0.6 is 0 Å². The van der Waals surface area contributed by atoms with Crippen molar-refractivity contribution in [3.05, 3.63) is 71.9 Å². The van der Waals surface area contributed by atoms with Crippen molar-refractivity contribution in [2.24, 2.45) is 0 Å². The minimum absolute atomic E-state index is 0.0396. The highest BCUT2D eigenvalue weighted by Gasteiger charge is 2.26. The summed E-state index contributed by atoms with van der Waals surface area (Å²) < 4.78 is 38.5. The van der Waals surface area contributed by atoms with E-state index >= 15 is 0 Å². The minimum atomic E-state index is -3.71. The van der Waals surface area contributed by atoms with Crippen LogP contribution in [0.25, 0.3) is 0 Å². The predicted octanol–water partition coefficient (Wildman–Crippen LogP) is 2.83. The molecule has 3 rings (SSSR count). The van der Waals surface area contributed by atoms with Crippen molar-refractivity contribution in [2.45, 2.75) is 37.5 Å². The van der Waals surface area contributed by atoms with Gasteiger partial charge >= 0.3 is 6.03 Å². The van der Waals surface area contributed by atoms with Gasteiger partial charge in [0, 0.05) is 20.2 Å². The van der Waals surface area contributed by atoms with Crippen molar-refractivity contribution in [1.82, 2.24) is 19.8 Å². The average molecular weight is 461 g/mol. The minimum Gasteiger partial charge on any atom is -0.467 e. The van der Waals surface area contributed by atoms with Gasteiger partial charge in [-0.05, 0) is 24.6 Å². The number of benzene rings is 1. The van der Waals surface area contributed by atoms with Gasteiger partial charge in [0.25, 0.3) is 0 Å².